The zero-order valence-electron chi connectivity index (χ0n) is 21.1. The van der Waals surface area contributed by atoms with E-state index in [4.69, 9.17) is 14.9 Å². The third-order valence-electron chi connectivity index (χ3n) is 6.11. The highest BCUT2D eigenvalue weighted by Crippen LogP contribution is 2.22. The van der Waals surface area contributed by atoms with Crippen molar-refractivity contribution in [2.24, 2.45) is 17.8 Å². The van der Waals surface area contributed by atoms with Crippen molar-refractivity contribution in [3.05, 3.63) is 11.6 Å². The summed E-state index contributed by atoms with van der Waals surface area (Å²) in [5, 5.41) is 27.5. The van der Waals surface area contributed by atoms with E-state index in [1.54, 1.807) is 0 Å². The molecular weight excluding hydrogens is 392 g/mol. The Morgan fingerprint density at radius 2 is 1.35 bits per heavy atom. The second-order valence-electron chi connectivity index (χ2n) is 9.89. The molecule has 0 amide bonds. The van der Waals surface area contributed by atoms with Crippen molar-refractivity contribution in [1.82, 2.24) is 0 Å². The fourth-order valence-electron chi connectivity index (χ4n) is 3.88. The Balaban J connectivity index is 0. The van der Waals surface area contributed by atoms with Gasteiger partial charge in [0.25, 0.3) is 0 Å². The summed E-state index contributed by atoms with van der Waals surface area (Å²) in [6, 6.07) is 0. The lowest BCUT2D eigenvalue weighted by atomic mass is 9.91. The van der Waals surface area contributed by atoms with Crippen molar-refractivity contribution in [3.63, 3.8) is 0 Å². The first-order chi connectivity index (χ1) is 14.3. The number of ether oxygens (including phenoxy) is 1. The lowest BCUT2D eigenvalue weighted by Gasteiger charge is -2.19. The molecule has 188 valence electrons. The minimum Gasteiger partial charge on any atom is -0.412 e. The second kappa shape index (κ2) is 21.4. The van der Waals surface area contributed by atoms with Gasteiger partial charge in [-0.1, -0.05) is 84.3 Å². The van der Waals surface area contributed by atoms with E-state index in [0.717, 1.165) is 30.6 Å². The van der Waals surface area contributed by atoms with Gasteiger partial charge in [0.05, 0.1) is 13.2 Å². The van der Waals surface area contributed by atoms with Gasteiger partial charge in [0.2, 0.25) is 0 Å². The van der Waals surface area contributed by atoms with Gasteiger partial charge in [-0.05, 0) is 50.4 Å². The summed E-state index contributed by atoms with van der Waals surface area (Å²) in [5.74, 6) is 2.54. The summed E-state index contributed by atoms with van der Waals surface area (Å²) in [7, 11) is 0. The molecule has 0 rings (SSSR count). The normalized spacial score (nSPS) is 16.1. The van der Waals surface area contributed by atoms with Crippen LogP contribution in [0, 0.1) is 17.8 Å². The maximum Gasteiger partial charge on any atom is 0.109 e. The van der Waals surface area contributed by atoms with Gasteiger partial charge in [-0.2, -0.15) is 0 Å². The highest BCUT2D eigenvalue weighted by atomic mass is 16.5. The van der Waals surface area contributed by atoms with E-state index < -0.39 is 12.2 Å². The molecular formula is C26H54O5. The number of aliphatic hydroxyl groups is 3. The van der Waals surface area contributed by atoms with Crippen LogP contribution in [0.25, 0.3) is 0 Å². The molecule has 5 N–H and O–H groups in total. The summed E-state index contributed by atoms with van der Waals surface area (Å²) in [6.45, 7) is 11.5. The van der Waals surface area contributed by atoms with Gasteiger partial charge in [-0.15, -0.1) is 0 Å². The summed E-state index contributed by atoms with van der Waals surface area (Å²) in [5.41, 5.74) is 1.44. The molecule has 4 atom stereocenters. The first-order valence-corrected chi connectivity index (χ1v) is 12.5. The van der Waals surface area contributed by atoms with E-state index in [1.807, 2.05) is 0 Å². The number of aliphatic hydroxyl groups excluding tert-OH is 3. The Labute approximate surface area is 192 Å². The van der Waals surface area contributed by atoms with Gasteiger partial charge >= 0.3 is 0 Å². The molecule has 0 heterocycles. The quantitative estimate of drug-likeness (QED) is 0.180. The minimum absolute atomic E-state index is 0. The maximum atomic E-state index is 9.49. The molecule has 0 aliphatic rings. The largest absolute Gasteiger partial charge is 0.412 e. The first-order valence-electron chi connectivity index (χ1n) is 12.5. The van der Waals surface area contributed by atoms with Crippen LogP contribution >= 0.6 is 0 Å². The standard InChI is InChI=1S/C26H52O4.H2O/c1-21(2)11-8-13-23(4)15-10-17-24(5)16-9-14-22(3)12-6-7-18-30-26(20-28)25(29)19-27;/h12,21,23-29H,6-11,13-20H2,1-5H3;1H2/t23?,24?,25-,26+;/m1./s1. The van der Waals surface area contributed by atoms with E-state index in [2.05, 4.69) is 40.7 Å². The number of hydrogen-bond donors (Lipinski definition) is 3. The Morgan fingerprint density at radius 3 is 1.87 bits per heavy atom. The molecule has 0 fully saturated rings. The monoisotopic (exact) mass is 446 g/mol. The Bertz CT molecular complexity index is 411. The third kappa shape index (κ3) is 19.9. The van der Waals surface area contributed by atoms with Crippen molar-refractivity contribution >= 4 is 0 Å². The van der Waals surface area contributed by atoms with Gasteiger partial charge in [-0.3, -0.25) is 0 Å². The van der Waals surface area contributed by atoms with Gasteiger partial charge in [-0.25, -0.2) is 0 Å². The number of hydrogen-bond acceptors (Lipinski definition) is 4. The van der Waals surface area contributed by atoms with Crippen LogP contribution < -0.4 is 0 Å². The number of allylic oxidation sites excluding steroid dienone is 2. The fraction of sp³-hybridized carbons (Fsp3) is 0.923. The zero-order chi connectivity index (χ0) is 22.8. The predicted octanol–water partition coefficient (Wildman–Crippen LogP) is 5.06. The lowest BCUT2D eigenvalue weighted by Crippen LogP contribution is -2.35. The lowest BCUT2D eigenvalue weighted by molar-refractivity contribution is -0.0797. The van der Waals surface area contributed by atoms with Crippen LogP contribution in [0.1, 0.15) is 105 Å². The van der Waals surface area contributed by atoms with Gasteiger partial charge < -0.3 is 25.5 Å². The van der Waals surface area contributed by atoms with Crippen LogP contribution in [0.15, 0.2) is 11.6 Å². The molecule has 0 aliphatic carbocycles. The molecule has 0 aromatic carbocycles. The van der Waals surface area contributed by atoms with Crippen LogP contribution in [0.3, 0.4) is 0 Å². The number of unbranched alkanes of at least 4 members (excludes halogenated alkanes) is 1. The second-order valence-corrected chi connectivity index (χ2v) is 9.89. The van der Waals surface area contributed by atoms with Crippen molar-refractivity contribution in [2.45, 2.75) is 117 Å². The molecule has 31 heavy (non-hydrogen) atoms. The molecule has 0 radical (unpaired) electrons. The average Bonchev–Trinajstić information content (AvgIpc) is 2.69. The summed E-state index contributed by atoms with van der Waals surface area (Å²) >= 11 is 0. The summed E-state index contributed by atoms with van der Waals surface area (Å²) in [4.78, 5) is 0. The Hall–Kier alpha value is -0.460. The van der Waals surface area contributed by atoms with Crippen molar-refractivity contribution < 1.29 is 25.5 Å². The van der Waals surface area contributed by atoms with Crippen LogP contribution in [0.5, 0.6) is 0 Å². The van der Waals surface area contributed by atoms with Gasteiger partial charge in [0.1, 0.15) is 12.2 Å². The highest BCUT2D eigenvalue weighted by molar-refractivity contribution is 4.97. The predicted molar refractivity (Wildman–Crippen MR) is 131 cm³/mol. The molecule has 0 bridgehead atoms. The first kappa shape index (κ1) is 32.7. The molecule has 0 aromatic rings. The molecule has 0 spiro atoms. The van der Waals surface area contributed by atoms with Gasteiger partial charge in [0.15, 0.2) is 0 Å². The molecule has 0 saturated carbocycles. The van der Waals surface area contributed by atoms with Crippen LogP contribution in [0.2, 0.25) is 0 Å². The van der Waals surface area contributed by atoms with E-state index in [1.165, 1.54) is 63.4 Å². The molecule has 2 unspecified atom stereocenters. The van der Waals surface area contributed by atoms with E-state index >= 15 is 0 Å². The molecule has 5 nitrogen and oxygen atoms in total. The van der Waals surface area contributed by atoms with Gasteiger partial charge in [0, 0.05) is 6.61 Å². The highest BCUT2D eigenvalue weighted by Gasteiger charge is 2.17. The zero-order valence-corrected chi connectivity index (χ0v) is 21.1. The third-order valence-corrected chi connectivity index (χ3v) is 6.11. The van der Waals surface area contributed by atoms with Crippen LogP contribution in [0.4, 0.5) is 0 Å². The topological polar surface area (TPSA) is 101 Å². The van der Waals surface area contributed by atoms with Crippen molar-refractivity contribution in [1.29, 1.82) is 0 Å². The van der Waals surface area contributed by atoms with Crippen LogP contribution in [-0.2, 0) is 4.74 Å². The van der Waals surface area contributed by atoms with E-state index in [-0.39, 0.29) is 18.7 Å². The van der Waals surface area contributed by atoms with E-state index in [9.17, 15) is 5.11 Å². The van der Waals surface area contributed by atoms with Crippen LogP contribution in [-0.4, -0.2) is 52.8 Å². The molecule has 0 saturated heterocycles. The smallest absolute Gasteiger partial charge is 0.109 e. The molecule has 0 aromatic heterocycles. The Morgan fingerprint density at radius 1 is 0.806 bits per heavy atom. The summed E-state index contributed by atoms with van der Waals surface area (Å²) < 4.78 is 5.44. The number of rotatable bonds is 20. The molecule has 5 heteroatoms. The Kier molecular flexibility index (Phi) is 22.6. The maximum absolute atomic E-state index is 9.49. The molecule has 0 aliphatic heterocycles. The average molecular weight is 447 g/mol. The van der Waals surface area contributed by atoms with E-state index in [0.29, 0.717) is 6.61 Å². The minimum atomic E-state index is -1.01. The summed E-state index contributed by atoms with van der Waals surface area (Å²) in [6.07, 6.45) is 14.4. The van der Waals surface area contributed by atoms with Crippen molar-refractivity contribution in [2.75, 3.05) is 19.8 Å². The fourth-order valence-corrected chi connectivity index (χ4v) is 3.88. The van der Waals surface area contributed by atoms with Crippen molar-refractivity contribution in [3.8, 4) is 0 Å². The SMILES string of the molecule is CC(=CCCCO[C@@H](CO)[C@H](O)CO)CCCC(C)CCCC(C)CCCC(C)C.O.